The molecule has 0 aliphatic heterocycles. The molecule has 0 radical (unpaired) electrons. The smallest absolute Gasteiger partial charge is 0.119 e. The third-order valence-electron chi connectivity index (χ3n) is 4.40. The Labute approximate surface area is 127 Å². The molecule has 0 aromatic heterocycles. The molecule has 2 aromatic rings. The average Bonchev–Trinajstić information content (AvgIpc) is 2.49. The van der Waals surface area contributed by atoms with Crippen LogP contribution < -0.4 is 10.5 Å². The van der Waals surface area contributed by atoms with Crippen LogP contribution in [0.25, 0.3) is 0 Å². The highest BCUT2D eigenvalue weighted by atomic mass is 16.5. The Morgan fingerprint density at radius 1 is 1.05 bits per heavy atom. The minimum atomic E-state index is 0.211. The number of anilines is 1. The van der Waals surface area contributed by atoms with Crippen LogP contribution in [-0.2, 0) is 12.0 Å². The first-order valence-electron chi connectivity index (χ1n) is 7.51. The third-order valence-corrected chi connectivity index (χ3v) is 4.40. The highest BCUT2D eigenvalue weighted by Crippen LogP contribution is 2.28. The molecule has 0 unspecified atom stereocenters. The molecule has 2 N–H and O–H groups in total. The Bertz CT molecular complexity index is 599. The summed E-state index contributed by atoms with van der Waals surface area (Å²) < 4.78 is 5.87. The molecule has 2 nitrogen and oxygen atoms in total. The number of hydrogen-bond acceptors (Lipinski definition) is 2. The zero-order chi connectivity index (χ0) is 15.5. The van der Waals surface area contributed by atoms with Gasteiger partial charge in [0, 0.05) is 5.69 Å². The molecule has 0 heterocycles. The lowest BCUT2D eigenvalue weighted by Gasteiger charge is -2.23. The zero-order valence-corrected chi connectivity index (χ0v) is 13.4. The molecule has 112 valence electrons. The van der Waals surface area contributed by atoms with Crippen molar-refractivity contribution in [1.82, 2.24) is 0 Å². The van der Waals surface area contributed by atoms with Gasteiger partial charge in [-0.25, -0.2) is 0 Å². The maximum atomic E-state index is 5.92. The summed E-state index contributed by atoms with van der Waals surface area (Å²) in [5, 5.41) is 0. The molecule has 0 atom stereocenters. The molecule has 0 saturated heterocycles. The number of nitrogens with two attached hydrogens (primary N) is 1. The number of hydrogen-bond donors (Lipinski definition) is 1. The topological polar surface area (TPSA) is 35.2 Å². The average molecular weight is 283 g/mol. The SMILES string of the molecule is CCC(C)(C)c1ccc(OCc2cccc(N)c2C)cc1. The van der Waals surface area contributed by atoms with Gasteiger partial charge in [-0.15, -0.1) is 0 Å². The van der Waals surface area contributed by atoms with Crippen LogP contribution in [0.15, 0.2) is 42.5 Å². The maximum absolute atomic E-state index is 5.92. The lowest BCUT2D eigenvalue weighted by Crippen LogP contribution is -2.15. The fraction of sp³-hybridized carbons (Fsp3) is 0.368. The van der Waals surface area contributed by atoms with Gasteiger partial charge in [0.15, 0.2) is 0 Å². The molecule has 2 heteroatoms. The van der Waals surface area contributed by atoms with Crippen LogP contribution in [0.4, 0.5) is 5.69 Å². The minimum Gasteiger partial charge on any atom is -0.489 e. The van der Waals surface area contributed by atoms with Crippen LogP contribution in [0, 0.1) is 6.92 Å². The first-order valence-corrected chi connectivity index (χ1v) is 7.51. The van der Waals surface area contributed by atoms with Crippen molar-refractivity contribution in [2.45, 2.75) is 46.1 Å². The maximum Gasteiger partial charge on any atom is 0.119 e. The summed E-state index contributed by atoms with van der Waals surface area (Å²) in [6, 6.07) is 14.4. The Hall–Kier alpha value is -1.96. The number of nitrogen functional groups attached to an aromatic ring is 1. The van der Waals surface area contributed by atoms with Crippen LogP contribution in [0.5, 0.6) is 5.75 Å². The predicted octanol–water partition coefficient (Wildman–Crippen LogP) is 4.84. The first-order chi connectivity index (χ1) is 9.94. The molecule has 0 fully saturated rings. The summed E-state index contributed by atoms with van der Waals surface area (Å²) in [6.07, 6.45) is 1.12. The van der Waals surface area contributed by atoms with Crippen molar-refractivity contribution >= 4 is 5.69 Å². The van der Waals surface area contributed by atoms with E-state index in [-0.39, 0.29) is 5.41 Å². The van der Waals surface area contributed by atoms with Gasteiger partial charge in [-0.1, -0.05) is 45.0 Å². The summed E-state index contributed by atoms with van der Waals surface area (Å²) in [4.78, 5) is 0. The van der Waals surface area contributed by atoms with Crippen LogP contribution in [-0.4, -0.2) is 0 Å². The number of rotatable bonds is 5. The Balaban J connectivity index is 2.06. The Morgan fingerprint density at radius 3 is 2.33 bits per heavy atom. The van der Waals surface area contributed by atoms with E-state index >= 15 is 0 Å². The van der Waals surface area contributed by atoms with Gasteiger partial charge in [0.25, 0.3) is 0 Å². The van der Waals surface area contributed by atoms with E-state index < -0.39 is 0 Å². The standard InChI is InChI=1S/C19H25NO/c1-5-19(3,4)16-9-11-17(12-10-16)21-13-15-7-6-8-18(20)14(15)2/h6-12H,5,13,20H2,1-4H3. The molecule has 2 rings (SSSR count). The Morgan fingerprint density at radius 2 is 1.71 bits per heavy atom. The molecule has 0 amide bonds. The second-order valence-corrected chi connectivity index (χ2v) is 6.18. The minimum absolute atomic E-state index is 0.211. The molecule has 0 aliphatic rings. The molecular formula is C19H25NO. The lowest BCUT2D eigenvalue weighted by molar-refractivity contribution is 0.305. The fourth-order valence-corrected chi connectivity index (χ4v) is 2.23. The van der Waals surface area contributed by atoms with Gasteiger partial charge >= 0.3 is 0 Å². The van der Waals surface area contributed by atoms with E-state index in [1.807, 2.05) is 31.2 Å². The molecular weight excluding hydrogens is 258 g/mol. The summed E-state index contributed by atoms with van der Waals surface area (Å²) >= 11 is 0. The quantitative estimate of drug-likeness (QED) is 0.797. The molecule has 2 aromatic carbocycles. The van der Waals surface area contributed by atoms with Crippen molar-refractivity contribution in [3.8, 4) is 5.75 Å². The van der Waals surface area contributed by atoms with Gasteiger partial charge in [0.05, 0.1) is 0 Å². The van der Waals surface area contributed by atoms with Gasteiger partial charge in [-0.05, 0) is 53.6 Å². The van der Waals surface area contributed by atoms with E-state index in [1.54, 1.807) is 0 Å². The second kappa shape index (κ2) is 6.21. The van der Waals surface area contributed by atoms with Crippen molar-refractivity contribution in [2.75, 3.05) is 5.73 Å². The van der Waals surface area contributed by atoms with Gasteiger partial charge < -0.3 is 10.5 Å². The van der Waals surface area contributed by atoms with Gasteiger partial charge in [0.2, 0.25) is 0 Å². The summed E-state index contributed by atoms with van der Waals surface area (Å²) in [7, 11) is 0. The normalized spacial score (nSPS) is 11.4. The van der Waals surface area contributed by atoms with Crippen molar-refractivity contribution in [3.63, 3.8) is 0 Å². The van der Waals surface area contributed by atoms with Crippen LogP contribution in [0.3, 0.4) is 0 Å². The van der Waals surface area contributed by atoms with Crippen LogP contribution in [0.2, 0.25) is 0 Å². The van der Waals surface area contributed by atoms with Crippen molar-refractivity contribution in [3.05, 3.63) is 59.2 Å². The molecule has 0 saturated carbocycles. The van der Waals surface area contributed by atoms with Crippen LogP contribution >= 0.6 is 0 Å². The zero-order valence-electron chi connectivity index (χ0n) is 13.4. The van der Waals surface area contributed by atoms with Gasteiger partial charge in [-0.2, -0.15) is 0 Å². The summed E-state index contributed by atoms with van der Waals surface area (Å²) in [5.74, 6) is 0.896. The molecule has 0 aliphatic carbocycles. The highest BCUT2D eigenvalue weighted by Gasteiger charge is 2.17. The second-order valence-electron chi connectivity index (χ2n) is 6.18. The Kier molecular flexibility index (Phi) is 4.56. The van der Waals surface area contributed by atoms with Crippen molar-refractivity contribution in [1.29, 1.82) is 0 Å². The molecule has 0 spiro atoms. The summed E-state index contributed by atoms with van der Waals surface area (Å²) in [6.45, 7) is 9.32. The van der Waals surface area contributed by atoms with Crippen molar-refractivity contribution in [2.24, 2.45) is 0 Å². The summed E-state index contributed by atoms with van der Waals surface area (Å²) in [5.41, 5.74) is 10.5. The predicted molar refractivity (Wildman–Crippen MR) is 89.7 cm³/mol. The largest absolute Gasteiger partial charge is 0.489 e. The van der Waals surface area contributed by atoms with E-state index in [1.165, 1.54) is 5.56 Å². The van der Waals surface area contributed by atoms with E-state index in [9.17, 15) is 0 Å². The fourth-order valence-electron chi connectivity index (χ4n) is 2.23. The van der Waals surface area contributed by atoms with E-state index in [2.05, 4.69) is 39.0 Å². The van der Waals surface area contributed by atoms with Crippen LogP contribution in [0.1, 0.15) is 43.9 Å². The molecule has 21 heavy (non-hydrogen) atoms. The third kappa shape index (κ3) is 3.57. The highest BCUT2D eigenvalue weighted by molar-refractivity contribution is 5.49. The number of ether oxygens (including phenoxy) is 1. The molecule has 0 bridgehead atoms. The number of benzene rings is 2. The first kappa shape index (κ1) is 15.4. The van der Waals surface area contributed by atoms with Gasteiger partial charge in [-0.3, -0.25) is 0 Å². The monoisotopic (exact) mass is 283 g/mol. The van der Waals surface area contributed by atoms with E-state index in [0.29, 0.717) is 6.61 Å². The lowest BCUT2D eigenvalue weighted by atomic mass is 9.82. The van der Waals surface area contributed by atoms with E-state index in [4.69, 9.17) is 10.5 Å². The van der Waals surface area contributed by atoms with E-state index in [0.717, 1.165) is 29.0 Å². The van der Waals surface area contributed by atoms with Gasteiger partial charge in [0.1, 0.15) is 12.4 Å². The van der Waals surface area contributed by atoms with Crippen molar-refractivity contribution < 1.29 is 4.74 Å².